The summed E-state index contributed by atoms with van der Waals surface area (Å²) in [6.45, 7) is 24.2. The number of halogens is 3. The summed E-state index contributed by atoms with van der Waals surface area (Å²) >= 11 is 0. The Bertz CT molecular complexity index is 432. The second-order valence-electron chi connectivity index (χ2n) is 7.20. The molecule has 0 heterocycles. The van der Waals surface area contributed by atoms with Gasteiger partial charge in [0.15, 0.2) is 0 Å². The molecular weight excluding hydrogens is 705 g/mol. The maximum atomic E-state index is 5.96. The van der Waals surface area contributed by atoms with E-state index in [4.69, 9.17) is 9.47 Å². The van der Waals surface area contributed by atoms with Crippen LogP contribution in [0.4, 0.5) is 0 Å². The van der Waals surface area contributed by atoms with E-state index in [9.17, 15) is 0 Å². The van der Waals surface area contributed by atoms with Crippen molar-refractivity contribution in [2.75, 3.05) is 65.6 Å². The lowest BCUT2D eigenvalue weighted by Gasteiger charge is -2.35. The van der Waals surface area contributed by atoms with Gasteiger partial charge in [0.25, 0.3) is 0 Å². The van der Waals surface area contributed by atoms with Crippen LogP contribution in [-0.2, 0) is 0 Å². The van der Waals surface area contributed by atoms with Crippen LogP contribution in [-0.4, -0.2) is 74.5 Å². The van der Waals surface area contributed by atoms with E-state index in [1.807, 2.05) is 24.3 Å². The molecule has 0 saturated carbocycles. The first-order chi connectivity index (χ1) is 12.5. The zero-order valence-corrected chi connectivity index (χ0v) is 25.7. The lowest BCUT2D eigenvalue weighted by molar-refractivity contribution is -0.923. The van der Waals surface area contributed by atoms with Crippen LogP contribution in [0.15, 0.2) is 24.3 Å². The summed E-state index contributed by atoms with van der Waals surface area (Å²) in [5.74, 6) is 1.86. The predicted octanol–water partition coefficient (Wildman–Crippen LogP) is -4.79. The second-order valence-corrected chi connectivity index (χ2v) is 7.20. The lowest BCUT2D eigenvalue weighted by Crippen LogP contribution is -3.00. The van der Waals surface area contributed by atoms with Gasteiger partial charge in [-0.25, -0.2) is 0 Å². The molecule has 0 atom stereocenters. The number of ether oxygens (including phenoxy) is 2. The first kappa shape index (κ1) is 34.5. The molecule has 0 radical (unpaired) electrons. The Morgan fingerprint density at radius 3 is 0.966 bits per heavy atom. The maximum absolute atomic E-state index is 5.96. The van der Waals surface area contributed by atoms with Crippen molar-refractivity contribution >= 4 is 0 Å². The van der Waals surface area contributed by atoms with Gasteiger partial charge in [-0.1, -0.05) is 0 Å². The molecule has 0 spiro atoms. The third-order valence-electron chi connectivity index (χ3n) is 6.52. The third-order valence-corrected chi connectivity index (χ3v) is 6.52. The molecule has 1 aromatic carbocycles. The molecule has 0 aromatic heterocycles. The first-order valence-corrected chi connectivity index (χ1v) is 10.6. The molecule has 7 heteroatoms. The molecular formula is C22H42I3N2O2-. The molecule has 4 nitrogen and oxygen atoms in total. The van der Waals surface area contributed by atoms with E-state index in [-0.39, 0.29) is 71.9 Å². The van der Waals surface area contributed by atoms with E-state index in [2.05, 4.69) is 41.5 Å². The van der Waals surface area contributed by atoms with Gasteiger partial charge in [0.05, 0.1) is 39.3 Å². The van der Waals surface area contributed by atoms with Gasteiger partial charge in [0.1, 0.15) is 37.8 Å². The Hall–Kier alpha value is 0.930. The van der Waals surface area contributed by atoms with Crippen molar-refractivity contribution in [1.82, 2.24) is 0 Å². The number of hydrogen-bond acceptors (Lipinski definition) is 2. The second kappa shape index (κ2) is 18.5. The molecule has 174 valence electrons. The van der Waals surface area contributed by atoms with Crippen molar-refractivity contribution in [1.29, 1.82) is 0 Å². The molecule has 0 fully saturated rings. The molecule has 0 bridgehead atoms. The number of quaternary nitrogens is 2. The predicted molar refractivity (Wildman–Crippen MR) is 111 cm³/mol. The molecule has 1 aromatic rings. The molecule has 0 aliphatic heterocycles. The number of nitrogens with zero attached hydrogens (tertiary/aromatic N) is 2. The highest BCUT2D eigenvalue weighted by atomic mass is 127. The van der Waals surface area contributed by atoms with E-state index < -0.39 is 0 Å². The van der Waals surface area contributed by atoms with Crippen LogP contribution in [0, 0.1) is 0 Å². The minimum atomic E-state index is 0. The average molecular weight is 747 g/mol. The standard InChI is InChI=1S/C22H42N2O2.3HI/c1-7-23(8-2,9-3)17-19-25-21-13-15-22(16-14-21)26-20-18-24(10-4,11-5)12-6;;;/h13-16H,7-12,17-20H2,1-6H3;3*1H/q+2;;;/p-3. The summed E-state index contributed by atoms with van der Waals surface area (Å²) in [6, 6.07) is 8.09. The fourth-order valence-corrected chi connectivity index (χ4v) is 3.64. The molecule has 0 unspecified atom stereocenters. The fourth-order valence-electron chi connectivity index (χ4n) is 3.64. The Balaban J connectivity index is -0.00000225. The summed E-state index contributed by atoms with van der Waals surface area (Å²) in [5, 5.41) is 0. The quantitative estimate of drug-likeness (QED) is 0.141. The summed E-state index contributed by atoms with van der Waals surface area (Å²) < 4.78 is 14.2. The molecule has 0 aliphatic rings. The zero-order valence-electron chi connectivity index (χ0n) is 19.2. The van der Waals surface area contributed by atoms with E-state index in [0.29, 0.717) is 0 Å². The van der Waals surface area contributed by atoms with Gasteiger partial charge in [0, 0.05) is 0 Å². The SMILES string of the molecule is CC[N+](CC)(CC)CCOc1ccc(OCC[N+](CC)(CC)CC)cc1.[I-].[I-].[I-]. The monoisotopic (exact) mass is 747 g/mol. The number of rotatable bonds is 14. The van der Waals surface area contributed by atoms with E-state index in [1.54, 1.807) is 0 Å². The van der Waals surface area contributed by atoms with Crippen LogP contribution in [0.5, 0.6) is 11.5 Å². The smallest absolute Gasteiger partial charge is 0.137 e. The zero-order chi connectivity index (χ0) is 19.5. The van der Waals surface area contributed by atoms with Gasteiger partial charge >= 0.3 is 0 Å². The van der Waals surface area contributed by atoms with Crippen LogP contribution in [0.3, 0.4) is 0 Å². The van der Waals surface area contributed by atoms with Crippen molar-refractivity contribution < 1.29 is 90.4 Å². The summed E-state index contributed by atoms with van der Waals surface area (Å²) in [4.78, 5) is 0. The summed E-state index contributed by atoms with van der Waals surface area (Å²) in [5.41, 5.74) is 0. The van der Waals surface area contributed by atoms with Gasteiger partial charge in [0.2, 0.25) is 0 Å². The van der Waals surface area contributed by atoms with Crippen molar-refractivity contribution in [3.63, 3.8) is 0 Å². The minimum absolute atomic E-state index is 0. The highest BCUT2D eigenvalue weighted by Gasteiger charge is 2.21. The molecule has 29 heavy (non-hydrogen) atoms. The topological polar surface area (TPSA) is 18.5 Å². The fraction of sp³-hybridized carbons (Fsp3) is 0.727. The average Bonchev–Trinajstić information content (AvgIpc) is 2.70. The van der Waals surface area contributed by atoms with Gasteiger partial charge in [-0.2, -0.15) is 0 Å². The first-order valence-electron chi connectivity index (χ1n) is 10.6. The van der Waals surface area contributed by atoms with Gasteiger partial charge < -0.3 is 90.4 Å². The van der Waals surface area contributed by atoms with Crippen LogP contribution in [0.25, 0.3) is 0 Å². The minimum Gasteiger partial charge on any atom is -1.00 e. The van der Waals surface area contributed by atoms with Crippen LogP contribution >= 0.6 is 0 Å². The maximum Gasteiger partial charge on any atom is 0.137 e. The van der Waals surface area contributed by atoms with E-state index in [1.165, 1.54) is 0 Å². The summed E-state index contributed by atoms with van der Waals surface area (Å²) in [7, 11) is 0. The Kier molecular flexibility index (Phi) is 22.0. The van der Waals surface area contributed by atoms with Crippen molar-refractivity contribution in [3.05, 3.63) is 24.3 Å². The van der Waals surface area contributed by atoms with Crippen LogP contribution in [0.1, 0.15) is 41.5 Å². The van der Waals surface area contributed by atoms with Crippen LogP contribution < -0.4 is 81.4 Å². The van der Waals surface area contributed by atoms with Crippen LogP contribution in [0.2, 0.25) is 0 Å². The van der Waals surface area contributed by atoms with Gasteiger partial charge in [-0.15, -0.1) is 0 Å². The summed E-state index contributed by atoms with van der Waals surface area (Å²) in [6.07, 6.45) is 0. The number of likely N-dealkylation sites (N-methyl/N-ethyl adjacent to an activating group) is 2. The highest BCUT2D eigenvalue weighted by molar-refractivity contribution is 5.31. The molecule has 0 saturated heterocycles. The Morgan fingerprint density at radius 1 is 0.517 bits per heavy atom. The van der Waals surface area contributed by atoms with Gasteiger partial charge in [-0.3, -0.25) is 0 Å². The van der Waals surface area contributed by atoms with Gasteiger partial charge in [-0.05, 0) is 65.8 Å². The molecule has 0 N–H and O–H groups in total. The molecule has 0 aliphatic carbocycles. The lowest BCUT2D eigenvalue weighted by atomic mass is 10.3. The Morgan fingerprint density at radius 2 is 0.759 bits per heavy atom. The van der Waals surface area contributed by atoms with Crippen molar-refractivity contribution in [2.45, 2.75) is 41.5 Å². The number of hydrogen-bond donors (Lipinski definition) is 0. The van der Waals surface area contributed by atoms with Crippen molar-refractivity contribution in [3.8, 4) is 11.5 Å². The Labute approximate surface area is 231 Å². The molecule has 1 rings (SSSR count). The number of benzene rings is 1. The molecule has 0 amide bonds. The normalized spacial score (nSPS) is 11.0. The highest BCUT2D eigenvalue weighted by Crippen LogP contribution is 2.18. The van der Waals surface area contributed by atoms with E-state index >= 15 is 0 Å². The largest absolute Gasteiger partial charge is 1.00 e. The van der Waals surface area contributed by atoms with E-state index in [0.717, 1.165) is 86.0 Å². The van der Waals surface area contributed by atoms with Crippen molar-refractivity contribution in [2.24, 2.45) is 0 Å². The third kappa shape index (κ3) is 11.4.